The van der Waals surface area contributed by atoms with E-state index in [0.717, 1.165) is 23.4 Å². The summed E-state index contributed by atoms with van der Waals surface area (Å²) in [6.07, 6.45) is -3.69. The Morgan fingerprint density at radius 2 is 1.90 bits per heavy atom. The number of nitrogens with zero attached hydrogens (tertiary/aromatic N) is 2. The normalized spacial score (nSPS) is 12.4. The summed E-state index contributed by atoms with van der Waals surface area (Å²) in [6.45, 7) is 6.43. The highest BCUT2D eigenvalue weighted by atomic mass is 32.2. The zero-order chi connectivity index (χ0) is 22.5. The van der Waals surface area contributed by atoms with Gasteiger partial charge in [0.15, 0.2) is 5.96 Å². The average molecular weight is 444 g/mol. The van der Waals surface area contributed by atoms with Crippen molar-refractivity contribution in [1.29, 1.82) is 0 Å². The third-order valence-corrected chi connectivity index (χ3v) is 5.49. The highest BCUT2D eigenvalue weighted by Gasteiger charge is 2.40. The van der Waals surface area contributed by atoms with Gasteiger partial charge in [0.2, 0.25) is 0 Å². The number of aliphatic imine (C=N–C) groups is 1. The Kier molecular flexibility index (Phi) is 8.00. The topological polar surface area (TPSA) is 50.8 Å². The van der Waals surface area contributed by atoms with Crippen LogP contribution in [0.15, 0.2) is 46.3 Å². The summed E-state index contributed by atoms with van der Waals surface area (Å²) in [4.78, 5) is 6.68. The minimum Gasteiger partial charge on any atom is -0.457 e. The van der Waals surface area contributed by atoms with Crippen LogP contribution in [-0.2, 0) is 0 Å². The molecule has 0 unspecified atom stereocenters. The number of thioether (sulfide) groups is 1. The number of alkyl halides is 4. The number of ether oxygens (including phenoxy) is 1. The molecule has 0 atom stereocenters. The molecule has 164 valence electrons. The lowest BCUT2D eigenvalue weighted by atomic mass is 10.1. The standard InChI is InChI=1S/C21H25F4N3OS/c1-5-28(4)20(26)27-17-9-14(3)18(10-13(17)2)29-15-7-6-8-16(11-15)30-12-21(24,25)19(22)23/h6-11,19H,5,12H2,1-4H3,(H2,26,27). The Morgan fingerprint density at radius 3 is 2.53 bits per heavy atom. The Balaban J connectivity index is 2.18. The fourth-order valence-corrected chi connectivity index (χ4v) is 3.23. The number of aryl methyl sites for hydroxylation is 2. The van der Waals surface area contributed by atoms with Crippen LogP contribution in [0.4, 0.5) is 23.2 Å². The lowest BCUT2D eigenvalue weighted by molar-refractivity contribution is -0.109. The number of halogens is 4. The molecule has 0 aliphatic rings. The third-order valence-electron chi connectivity index (χ3n) is 4.38. The number of nitrogens with two attached hydrogens (primary N) is 1. The molecule has 0 bridgehead atoms. The van der Waals surface area contributed by atoms with E-state index >= 15 is 0 Å². The van der Waals surface area contributed by atoms with E-state index < -0.39 is 18.1 Å². The Labute approximate surface area is 178 Å². The molecule has 0 radical (unpaired) electrons. The summed E-state index contributed by atoms with van der Waals surface area (Å²) < 4.78 is 56.9. The van der Waals surface area contributed by atoms with Crippen molar-refractivity contribution in [3.8, 4) is 11.5 Å². The molecule has 2 aromatic rings. The molecule has 0 aromatic heterocycles. The molecular weight excluding hydrogens is 418 g/mol. The molecule has 0 aliphatic carbocycles. The highest BCUT2D eigenvalue weighted by Crippen LogP contribution is 2.35. The van der Waals surface area contributed by atoms with E-state index in [2.05, 4.69) is 4.99 Å². The third kappa shape index (κ3) is 6.29. The van der Waals surface area contributed by atoms with Gasteiger partial charge in [0.25, 0.3) is 0 Å². The zero-order valence-corrected chi connectivity index (χ0v) is 18.1. The molecule has 0 spiro atoms. The van der Waals surface area contributed by atoms with Gasteiger partial charge in [-0.1, -0.05) is 6.07 Å². The molecule has 2 rings (SSSR count). The molecule has 9 heteroatoms. The predicted molar refractivity (Wildman–Crippen MR) is 114 cm³/mol. The molecule has 0 saturated heterocycles. The summed E-state index contributed by atoms with van der Waals surface area (Å²) in [5.41, 5.74) is 8.36. The van der Waals surface area contributed by atoms with Crippen LogP contribution in [0.3, 0.4) is 0 Å². The predicted octanol–water partition coefficient (Wildman–Crippen LogP) is 5.99. The molecule has 0 amide bonds. The summed E-state index contributed by atoms with van der Waals surface area (Å²) >= 11 is 0.656. The summed E-state index contributed by atoms with van der Waals surface area (Å²) in [5.74, 6) is -3.65. The van der Waals surface area contributed by atoms with Crippen molar-refractivity contribution < 1.29 is 22.3 Å². The molecular formula is C21H25F4N3OS. The fourth-order valence-electron chi connectivity index (χ4n) is 2.37. The number of rotatable bonds is 8. The van der Waals surface area contributed by atoms with E-state index in [4.69, 9.17) is 10.5 Å². The Bertz CT molecular complexity index is 906. The SMILES string of the molecule is CCN(C)C(N)=Nc1cc(C)c(Oc2cccc(SCC(F)(F)C(F)F)c2)cc1C. The van der Waals surface area contributed by atoms with E-state index in [1.54, 1.807) is 24.3 Å². The van der Waals surface area contributed by atoms with Crippen LogP contribution in [0, 0.1) is 13.8 Å². The van der Waals surface area contributed by atoms with E-state index in [0.29, 0.717) is 34.1 Å². The molecule has 4 nitrogen and oxygen atoms in total. The molecule has 0 aliphatic heterocycles. The number of hydrogen-bond acceptors (Lipinski definition) is 3. The summed E-state index contributed by atoms with van der Waals surface area (Å²) in [7, 11) is 1.85. The van der Waals surface area contributed by atoms with Crippen molar-refractivity contribution in [1.82, 2.24) is 4.90 Å². The first kappa shape index (κ1) is 23.9. The van der Waals surface area contributed by atoms with Gasteiger partial charge < -0.3 is 15.4 Å². The van der Waals surface area contributed by atoms with E-state index in [1.165, 1.54) is 0 Å². The van der Waals surface area contributed by atoms with E-state index in [-0.39, 0.29) is 0 Å². The maximum absolute atomic E-state index is 13.2. The minimum atomic E-state index is -4.04. The second-order valence-electron chi connectivity index (χ2n) is 6.82. The summed E-state index contributed by atoms with van der Waals surface area (Å²) in [6, 6.07) is 10.1. The molecule has 0 saturated carbocycles. The smallest absolute Gasteiger partial charge is 0.316 e. The van der Waals surface area contributed by atoms with Gasteiger partial charge in [-0.3, -0.25) is 0 Å². The van der Waals surface area contributed by atoms with Crippen LogP contribution in [0.5, 0.6) is 11.5 Å². The first-order valence-corrected chi connectivity index (χ1v) is 10.2. The van der Waals surface area contributed by atoms with Gasteiger partial charge in [0.1, 0.15) is 11.5 Å². The largest absolute Gasteiger partial charge is 0.457 e. The monoisotopic (exact) mass is 443 g/mol. The van der Waals surface area contributed by atoms with Gasteiger partial charge in [0.05, 0.1) is 11.4 Å². The molecule has 0 heterocycles. The van der Waals surface area contributed by atoms with Crippen molar-refractivity contribution in [2.45, 2.75) is 38.0 Å². The van der Waals surface area contributed by atoms with Crippen LogP contribution in [0.1, 0.15) is 18.1 Å². The van der Waals surface area contributed by atoms with Crippen LogP contribution in [0.25, 0.3) is 0 Å². The van der Waals surface area contributed by atoms with Crippen LogP contribution in [0.2, 0.25) is 0 Å². The van der Waals surface area contributed by atoms with Gasteiger partial charge in [-0.2, -0.15) is 8.78 Å². The van der Waals surface area contributed by atoms with Crippen molar-refractivity contribution >= 4 is 23.4 Å². The zero-order valence-electron chi connectivity index (χ0n) is 17.3. The van der Waals surface area contributed by atoms with Gasteiger partial charge >= 0.3 is 12.3 Å². The minimum absolute atomic E-state index is 0.402. The second kappa shape index (κ2) is 10.1. The van der Waals surface area contributed by atoms with Crippen LogP contribution in [-0.4, -0.2) is 42.6 Å². The Hall–Kier alpha value is -2.42. The van der Waals surface area contributed by atoms with Crippen molar-refractivity contribution in [3.05, 3.63) is 47.5 Å². The van der Waals surface area contributed by atoms with Gasteiger partial charge in [0, 0.05) is 18.5 Å². The maximum Gasteiger partial charge on any atom is 0.316 e. The highest BCUT2D eigenvalue weighted by molar-refractivity contribution is 7.99. The first-order valence-electron chi connectivity index (χ1n) is 9.26. The fraction of sp³-hybridized carbons (Fsp3) is 0.381. The quantitative estimate of drug-likeness (QED) is 0.236. The van der Waals surface area contributed by atoms with Crippen molar-refractivity contribution in [2.75, 3.05) is 19.3 Å². The van der Waals surface area contributed by atoms with Crippen LogP contribution >= 0.6 is 11.8 Å². The first-order chi connectivity index (χ1) is 14.0. The van der Waals surface area contributed by atoms with E-state index in [9.17, 15) is 17.6 Å². The lowest BCUT2D eigenvalue weighted by Crippen LogP contribution is -2.33. The van der Waals surface area contributed by atoms with Gasteiger partial charge in [-0.25, -0.2) is 13.8 Å². The van der Waals surface area contributed by atoms with Gasteiger partial charge in [-0.15, -0.1) is 11.8 Å². The van der Waals surface area contributed by atoms with Crippen molar-refractivity contribution in [3.63, 3.8) is 0 Å². The second-order valence-corrected chi connectivity index (χ2v) is 7.86. The molecule has 2 N–H and O–H groups in total. The Morgan fingerprint density at radius 1 is 1.20 bits per heavy atom. The molecule has 2 aromatic carbocycles. The average Bonchev–Trinajstić information content (AvgIpc) is 2.69. The van der Waals surface area contributed by atoms with Gasteiger partial charge in [-0.05, 0) is 62.2 Å². The lowest BCUT2D eigenvalue weighted by Gasteiger charge is -2.17. The maximum atomic E-state index is 13.2. The summed E-state index contributed by atoms with van der Waals surface area (Å²) in [5, 5.41) is 0. The van der Waals surface area contributed by atoms with E-state index in [1.807, 2.05) is 44.9 Å². The molecule has 30 heavy (non-hydrogen) atoms. The van der Waals surface area contributed by atoms with Crippen LogP contribution < -0.4 is 10.5 Å². The number of guanidine groups is 1. The van der Waals surface area contributed by atoms with Crippen molar-refractivity contribution in [2.24, 2.45) is 10.7 Å². The molecule has 0 fully saturated rings. The number of benzene rings is 2. The number of hydrogen-bond donors (Lipinski definition) is 1.